The van der Waals surface area contributed by atoms with Gasteiger partial charge in [-0.15, -0.1) is 0 Å². The number of hydrogen-bond acceptors (Lipinski definition) is 1. The molecule has 2 aliphatic carbocycles. The molecule has 0 spiro atoms. The molecule has 0 aliphatic heterocycles. The van der Waals surface area contributed by atoms with E-state index in [0.717, 1.165) is 0 Å². The smallest absolute Gasteiger partial charge is 0.307 e. The quantitative estimate of drug-likeness (QED) is 0.632. The normalized spacial score (nSPS) is 45.1. The summed E-state index contributed by atoms with van der Waals surface area (Å²) < 4.78 is 24.9. The zero-order chi connectivity index (χ0) is 8.22. The van der Waals surface area contributed by atoms with Gasteiger partial charge in [0.1, 0.15) is 0 Å². The van der Waals surface area contributed by atoms with Gasteiger partial charge in [-0.05, 0) is 11.8 Å². The van der Waals surface area contributed by atoms with Gasteiger partial charge in [0.15, 0.2) is 0 Å². The molecule has 0 aromatic rings. The number of alkyl halides is 2. The molecule has 0 amide bonds. The van der Waals surface area contributed by atoms with Crippen molar-refractivity contribution in [1.82, 2.24) is 0 Å². The summed E-state index contributed by atoms with van der Waals surface area (Å²) in [6, 6.07) is 0. The molecule has 0 bridgehead atoms. The molecule has 2 aliphatic rings. The van der Waals surface area contributed by atoms with Gasteiger partial charge in [0, 0.05) is 12.8 Å². The molecule has 3 atom stereocenters. The van der Waals surface area contributed by atoms with E-state index in [0.29, 0.717) is 0 Å². The Labute approximate surface area is 62.2 Å². The van der Waals surface area contributed by atoms with E-state index in [-0.39, 0.29) is 24.7 Å². The number of fused-ring (bicyclic) bond motifs is 1. The number of hydrogen-bond donors (Lipinski definition) is 1. The van der Waals surface area contributed by atoms with Crippen molar-refractivity contribution in [3.8, 4) is 0 Å². The van der Waals surface area contributed by atoms with Crippen molar-refractivity contribution in [3.63, 3.8) is 0 Å². The third kappa shape index (κ3) is 0.921. The van der Waals surface area contributed by atoms with Crippen LogP contribution in [0.4, 0.5) is 8.78 Å². The van der Waals surface area contributed by atoms with Gasteiger partial charge in [-0.25, -0.2) is 8.78 Å². The standard InChI is InChI=1S/C7H8F2O2/c8-7(9)1-3-4(2-7)5(3)6(10)11/h3-5H,1-2H2,(H,10,11)/t3-,4?,5?/m0/s1. The first-order valence-electron chi connectivity index (χ1n) is 3.62. The largest absolute Gasteiger partial charge is 0.481 e. The van der Waals surface area contributed by atoms with Crippen LogP contribution < -0.4 is 0 Å². The summed E-state index contributed by atoms with van der Waals surface area (Å²) in [5.74, 6) is -4.42. The fourth-order valence-electron chi connectivity index (χ4n) is 2.14. The van der Waals surface area contributed by atoms with E-state index in [1.54, 1.807) is 0 Å². The molecule has 0 saturated heterocycles. The molecule has 0 radical (unpaired) electrons. The highest BCUT2D eigenvalue weighted by atomic mass is 19.3. The average Bonchev–Trinajstić information content (AvgIpc) is 2.31. The lowest BCUT2D eigenvalue weighted by atomic mass is 10.1. The average molecular weight is 162 g/mol. The maximum Gasteiger partial charge on any atom is 0.307 e. The maximum atomic E-state index is 12.5. The lowest BCUT2D eigenvalue weighted by molar-refractivity contribution is -0.140. The van der Waals surface area contributed by atoms with Crippen molar-refractivity contribution < 1.29 is 18.7 Å². The molecule has 0 aromatic heterocycles. The van der Waals surface area contributed by atoms with Crippen molar-refractivity contribution in [3.05, 3.63) is 0 Å². The second kappa shape index (κ2) is 1.73. The van der Waals surface area contributed by atoms with E-state index in [1.165, 1.54) is 0 Å². The lowest BCUT2D eigenvalue weighted by Crippen LogP contribution is -2.17. The van der Waals surface area contributed by atoms with Crippen LogP contribution in [-0.2, 0) is 4.79 Å². The van der Waals surface area contributed by atoms with Crippen LogP contribution in [0.1, 0.15) is 12.8 Å². The predicted molar refractivity (Wildman–Crippen MR) is 32.3 cm³/mol. The minimum absolute atomic E-state index is 0.214. The zero-order valence-corrected chi connectivity index (χ0v) is 5.76. The second-order valence-electron chi connectivity index (χ2n) is 3.46. The topological polar surface area (TPSA) is 37.3 Å². The summed E-state index contributed by atoms with van der Waals surface area (Å²) in [4.78, 5) is 10.3. The Kier molecular flexibility index (Phi) is 1.10. The molecular weight excluding hydrogens is 154 g/mol. The van der Waals surface area contributed by atoms with Crippen molar-refractivity contribution in [2.24, 2.45) is 17.8 Å². The first-order chi connectivity index (χ1) is 5.01. The van der Waals surface area contributed by atoms with Gasteiger partial charge in [0.05, 0.1) is 5.92 Å². The fraction of sp³-hybridized carbons (Fsp3) is 0.857. The third-order valence-electron chi connectivity index (χ3n) is 2.69. The van der Waals surface area contributed by atoms with Crippen LogP contribution in [0.3, 0.4) is 0 Å². The van der Waals surface area contributed by atoms with E-state index in [2.05, 4.69) is 0 Å². The minimum atomic E-state index is -2.58. The van der Waals surface area contributed by atoms with Crippen LogP contribution in [0, 0.1) is 17.8 Å². The van der Waals surface area contributed by atoms with Crippen molar-refractivity contribution >= 4 is 5.97 Å². The first-order valence-corrected chi connectivity index (χ1v) is 3.62. The van der Waals surface area contributed by atoms with Gasteiger partial charge < -0.3 is 5.11 Å². The highest BCUT2D eigenvalue weighted by Crippen LogP contribution is 2.62. The van der Waals surface area contributed by atoms with E-state index >= 15 is 0 Å². The molecule has 62 valence electrons. The van der Waals surface area contributed by atoms with Crippen molar-refractivity contribution in [1.29, 1.82) is 0 Å². The molecule has 4 heteroatoms. The zero-order valence-electron chi connectivity index (χ0n) is 5.76. The summed E-state index contributed by atoms with van der Waals surface area (Å²) in [5.41, 5.74) is 0. The lowest BCUT2D eigenvalue weighted by Gasteiger charge is -2.10. The van der Waals surface area contributed by atoms with Crippen LogP contribution in [0.2, 0.25) is 0 Å². The van der Waals surface area contributed by atoms with Crippen LogP contribution in [0.25, 0.3) is 0 Å². The number of carboxylic acids is 1. The van der Waals surface area contributed by atoms with E-state index < -0.39 is 17.8 Å². The monoisotopic (exact) mass is 162 g/mol. The summed E-state index contributed by atoms with van der Waals surface area (Å²) in [6.07, 6.45) is -0.427. The highest BCUT2D eigenvalue weighted by molar-refractivity contribution is 5.74. The Hall–Kier alpha value is -0.670. The van der Waals surface area contributed by atoms with Gasteiger partial charge in [-0.2, -0.15) is 0 Å². The molecule has 2 nitrogen and oxygen atoms in total. The van der Waals surface area contributed by atoms with Crippen LogP contribution in [-0.4, -0.2) is 17.0 Å². The van der Waals surface area contributed by atoms with Crippen molar-refractivity contribution in [2.45, 2.75) is 18.8 Å². The molecule has 2 saturated carbocycles. The fourth-order valence-corrected chi connectivity index (χ4v) is 2.14. The molecule has 0 heterocycles. The number of carbonyl (C=O) groups is 1. The molecule has 2 unspecified atom stereocenters. The summed E-state index contributed by atoms with van der Waals surface area (Å²) in [5, 5.41) is 8.48. The summed E-state index contributed by atoms with van der Waals surface area (Å²) >= 11 is 0. The Balaban J connectivity index is 2.01. The molecule has 2 rings (SSSR count). The van der Waals surface area contributed by atoms with E-state index in [9.17, 15) is 13.6 Å². The molecule has 0 aromatic carbocycles. The van der Waals surface area contributed by atoms with E-state index in [1.807, 2.05) is 0 Å². The van der Waals surface area contributed by atoms with E-state index in [4.69, 9.17) is 5.11 Å². The van der Waals surface area contributed by atoms with Crippen LogP contribution in [0.15, 0.2) is 0 Å². The first kappa shape index (κ1) is 7.00. The molecule has 2 fully saturated rings. The van der Waals surface area contributed by atoms with Gasteiger partial charge in [-0.3, -0.25) is 4.79 Å². The third-order valence-corrected chi connectivity index (χ3v) is 2.69. The SMILES string of the molecule is O=C(O)C1C2CC(F)(F)C[C@@H]21. The van der Waals surface area contributed by atoms with Gasteiger partial charge in [-0.1, -0.05) is 0 Å². The number of carboxylic acid groups (broad SMARTS) is 1. The molecule has 1 N–H and O–H groups in total. The highest BCUT2D eigenvalue weighted by Gasteiger charge is 2.65. The predicted octanol–water partition coefficient (Wildman–Crippen LogP) is 1.36. The number of aliphatic carboxylic acids is 1. The summed E-state index contributed by atoms with van der Waals surface area (Å²) in [6.45, 7) is 0. The Morgan fingerprint density at radius 2 is 1.82 bits per heavy atom. The van der Waals surface area contributed by atoms with Gasteiger partial charge in [0.2, 0.25) is 5.92 Å². The van der Waals surface area contributed by atoms with Crippen LogP contribution >= 0.6 is 0 Å². The Morgan fingerprint density at radius 3 is 2.18 bits per heavy atom. The summed E-state index contributed by atoms with van der Waals surface area (Å²) in [7, 11) is 0. The van der Waals surface area contributed by atoms with Crippen molar-refractivity contribution in [2.75, 3.05) is 0 Å². The minimum Gasteiger partial charge on any atom is -0.481 e. The number of rotatable bonds is 1. The van der Waals surface area contributed by atoms with Gasteiger partial charge in [0.25, 0.3) is 0 Å². The Bertz CT molecular complexity index is 200. The van der Waals surface area contributed by atoms with Gasteiger partial charge >= 0.3 is 5.97 Å². The Morgan fingerprint density at radius 1 is 1.36 bits per heavy atom. The second-order valence-corrected chi connectivity index (χ2v) is 3.46. The molecular formula is C7H8F2O2. The molecule has 11 heavy (non-hydrogen) atoms. The van der Waals surface area contributed by atoms with Crippen LogP contribution in [0.5, 0.6) is 0 Å². The number of halogens is 2. The maximum absolute atomic E-state index is 12.5.